The van der Waals surface area contributed by atoms with Crippen molar-refractivity contribution >= 4 is 22.8 Å². The Balaban J connectivity index is 1.27. The minimum Gasteiger partial charge on any atom is -0.494 e. The van der Waals surface area contributed by atoms with Gasteiger partial charge in [0.15, 0.2) is 0 Å². The van der Waals surface area contributed by atoms with E-state index in [1.807, 2.05) is 52.9 Å². The highest BCUT2D eigenvalue weighted by molar-refractivity contribution is 5.99. The van der Waals surface area contributed by atoms with E-state index in [1.54, 1.807) is 25.7 Å². The summed E-state index contributed by atoms with van der Waals surface area (Å²) in [5.74, 6) is 0.772. The number of carbonyl (C=O) groups excluding carboxylic acids is 2. The number of pyridine rings is 1. The van der Waals surface area contributed by atoms with Crippen LogP contribution < -0.4 is 10.1 Å². The number of hydrogen-bond acceptors (Lipinski definition) is 5. The molecule has 8 nitrogen and oxygen atoms in total. The van der Waals surface area contributed by atoms with Gasteiger partial charge in [0.1, 0.15) is 17.0 Å². The van der Waals surface area contributed by atoms with Gasteiger partial charge in [-0.05, 0) is 54.5 Å². The Bertz CT molecular complexity index is 1490. The Kier molecular flexibility index (Phi) is 6.31. The Morgan fingerprint density at radius 3 is 2.61 bits per heavy atom. The highest BCUT2D eigenvalue weighted by atomic mass is 16.5. The van der Waals surface area contributed by atoms with E-state index in [0.29, 0.717) is 42.4 Å². The molecule has 2 atom stereocenters. The molecule has 4 aromatic rings. The van der Waals surface area contributed by atoms with Gasteiger partial charge in [0.2, 0.25) is 0 Å². The summed E-state index contributed by atoms with van der Waals surface area (Å²) in [4.78, 5) is 37.9. The number of nitrogens with zero attached hydrogens (tertiary/aromatic N) is 4. The number of likely N-dealkylation sites (tertiary alicyclic amines) is 1. The molecule has 1 N–H and O–H groups in total. The van der Waals surface area contributed by atoms with Crippen molar-refractivity contribution in [1.29, 1.82) is 0 Å². The molecule has 1 aliphatic carbocycles. The second-order valence-electron chi connectivity index (χ2n) is 10.3. The number of hydrogen-bond donors (Lipinski definition) is 1. The zero-order valence-electron chi connectivity index (χ0n) is 21.6. The zero-order valence-corrected chi connectivity index (χ0v) is 21.6. The summed E-state index contributed by atoms with van der Waals surface area (Å²) in [6, 6.07) is 17.6. The van der Waals surface area contributed by atoms with Crippen LogP contribution in [0.4, 0.5) is 0 Å². The smallest absolute Gasteiger partial charge is 0.270 e. The number of amides is 2. The van der Waals surface area contributed by atoms with Crippen LogP contribution in [0.15, 0.2) is 67.1 Å². The lowest BCUT2D eigenvalue weighted by Gasteiger charge is -2.39. The Labute approximate surface area is 221 Å². The number of imidazole rings is 1. The van der Waals surface area contributed by atoms with Gasteiger partial charge in [0.25, 0.3) is 11.8 Å². The maximum absolute atomic E-state index is 13.7. The van der Waals surface area contributed by atoms with Crippen molar-refractivity contribution in [3.05, 3.63) is 89.5 Å². The summed E-state index contributed by atoms with van der Waals surface area (Å²) in [6.07, 6.45) is 6.26. The van der Waals surface area contributed by atoms with Crippen LogP contribution in [0.25, 0.3) is 11.0 Å². The van der Waals surface area contributed by atoms with E-state index < -0.39 is 0 Å². The van der Waals surface area contributed by atoms with E-state index in [4.69, 9.17) is 4.74 Å². The zero-order chi connectivity index (χ0) is 26.2. The number of ether oxygens (including phenoxy) is 1. The van der Waals surface area contributed by atoms with Crippen LogP contribution in [0, 0.1) is 0 Å². The molecule has 38 heavy (non-hydrogen) atoms. The molecule has 8 heteroatoms. The predicted molar refractivity (Wildman–Crippen MR) is 144 cm³/mol. The molecular formula is C30H31N5O3. The van der Waals surface area contributed by atoms with Crippen LogP contribution in [0.3, 0.4) is 0 Å². The first-order chi connectivity index (χ1) is 18.5. The first-order valence-electron chi connectivity index (χ1n) is 13.1. The van der Waals surface area contributed by atoms with Gasteiger partial charge in [-0.2, -0.15) is 0 Å². The van der Waals surface area contributed by atoms with Crippen molar-refractivity contribution in [2.45, 2.75) is 37.1 Å². The van der Waals surface area contributed by atoms with Gasteiger partial charge in [0.05, 0.1) is 19.0 Å². The summed E-state index contributed by atoms with van der Waals surface area (Å²) in [5.41, 5.74) is 4.80. The van der Waals surface area contributed by atoms with Crippen molar-refractivity contribution in [2.75, 3.05) is 20.2 Å². The molecule has 3 heterocycles. The normalized spacial score (nSPS) is 19.4. The molecule has 2 amide bonds. The lowest BCUT2D eigenvalue weighted by Crippen LogP contribution is -2.51. The lowest BCUT2D eigenvalue weighted by molar-refractivity contribution is 0.0671. The number of aromatic nitrogens is 3. The van der Waals surface area contributed by atoms with Gasteiger partial charge >= 0.3 is 0 Å². The van der Waals surface area contributed by atoms with Crippen LogP contribution in [0.2, 0.25) is 0 Å². The molecule has 0 bridgehead atoms. The van der Waals surface area contributed by atoms with Crippen LogP contribution in [0.5, 0.6) is 5.75 Å². The third-order valence-electron chi connectivity index (χ3n) is 7.78. The van der Waals surface area contributed by atoms with E-state index >= 15 is 0 Å². The van der Waals surface area contributed by atoms with Gasteiger partial charge in [0, 0.05) is 43.9 Å². The quantitative estimate of drug-likeness (QED) is 0.419. The van der Waals surface area contributed by atoms with Crippen molar-refractivity contribution in [2.24, 2.45) is 7.05 Å². The molecule has 0 radical (unpaired) electrons. The number of carbonyl (C=O) groups is 2. The van der Waals surface area contributed by atoms with Crippen LogP contribution >= 0.6 is 0 Å². The summed E-state index contributed by atoms with van der Waals surface area (Å²) in [5, 5.41) is 3.28. The van der Waals surface area contributed by atoms with Gasteiger partial charge in [-0.3, -0.25) is 14.6 Å². The summed E-state index contributed by atoms with van der Waals surface area (Å²) >= 11 is 0. The largest absolute Gasteiger partial charge is 0.494 e. The van der Waals surface area contributed by atoms with E-state index in [1.165, 1.54) is 0 Å². The molecule has 2 fully saturated rings. The maximum Gasteiger partial charge on any atom is 0.270 e. The number of fused-ring (bicyclic) bond motifs is 1. The third kappa shape index (κ3) is 4.51. The Morgan fingerprint density at radius 1 is 1.03 bits per heavy atom. The van der Waals surface area contributed by atoms with Crippen LogP contribution in [0.1, 0.15) is 63.1 Å². The van der Waals surface area contributed by atoms with E-state index in [0.717, 1.165) is 35.0 Å². The molecule has 2 aromatic carbocycles. The molecule has 2 aromatic heterocycles. The van der Waals surface area contributed by atoms with E-state index in [2.05, 4.69) is 27.4 Å². The fourth-order valence-electron chi connectivity index (χ4n) is 5.58. The van der Waals surface area contributed by atoms with Gasteiger partial charge in [-0.1, -0.05) is 36.4 Å². The fourth-order valence-corrected chi connectivity index (χ4v) is 5.58. The molecule has 0 spiro atoms. The molecule has 1 aliphatic heterocycles. The van der Waals surface area contributed by atoms with Crippen molar-refractivity contribution < 1.29 is 14.3 Å². The SMILES string of the molecule is COc1cc(C(=O)N2CC[C@@H](NC(=O)c3ncccc3C3CC3)[C@@H](c3ccccc3)C2)cc2c1ncn2C. The standard InChI is InChI=1S/C30H31N5O3/c1-34-18-32-28-25(34)15-21(16-26(28)38-2)30(37)35-14-12-24(23(17-35)19-7-4-3-5-8-19)33-29(36)27-22(20-10-11-20)9-6-13-31-27/h3-9,13,15-16,18,20,23-24H,10-12,14,17H2,1-2H3,(H,33,36)/t23-,24-/m1/s1. The molecule has 1 saturated carbocycles. The predicted octanol–water partition coefficient (Wildman–Crippen LogP) is 4.28. The molecule has 194 valence electrons. The van der Waals surface area contributed by atoms with Gasteiger partial charge < -0.3 is 19.5 Å². The molecule has 0 unspecified atom stereocenters. The fraction of sp³-hybridized carbons (Fsp3) is 0.333. The number of piperidine rings is 1. The minimum absolute atomic E-state index is 0.0479. The number of aryl methyl sites for hydroxylation is 1. The van der Waals surface area contributed by atoms with Gasteiger partial charge in [-0.25, -0.2) is 4.98 Å². The van der Waals surface area contributed by atoms with Crippen molar-refractivity contribution in [1.82, 2.24) is 24.8 Å². The Morgan fingerprint density at radius 2 is 1.84 bits per heavy atom. The molecule has 1 saturated heterocycles. The average Bonchev–Trinajstić information content (AvgIpc) is 3.75. The van der Waals surface area contributed by atoms with Gasteiger partial charge in [-0.15, -0.1) is 0 Å². The van der Waals surface area contributed by atoms with Crippen LogP contribution in [-0.4, -0.2) is 57.5 Å². The summed E-state index contributed by atoms with van der Waals surface area (Å²) in [7, 11) is 3.49. The monoisotopic (exact) mass is 509 g/mol. The average molecular weight is 510 g/mol. The maximum atomic E-state index is 13.7. The summed E-state index contributed by atoms with van der Waals surface area (Å²) < 4.78 is 7.43. The van der Waals surface area contributed by atoms with Crippen LogP contribution in [-0.2, 0) is 7.05 Å². The number of benzene rings is 2. The second kappa shape index (κ2) is 9.93. The third-order valence-corrected chi connectivity index (χ3v) is 7.78. The molecular weight excluding hydrogens is 478 g/mol. The summed E-state index contributed by atoms with van der Waals surface area (Å²) in [6.45, 7) is 1.04. The van der Waals surface area contributed by atoms with E-state index in [-0.39, 0.29) is 23.8 Å². The highest BCUT2D eigenvalue weighted by Crippen LogP contribution is 2.41. The topological polar surface area (TPSA) is 89.3 Å². The number of rotatable bonds is 6. The van der Waals surface area contributed by atoms with Crippen molar-refractivity contribution in [3.63, 3.8) is 0 Å². The number of nitrogens with one attached hydrogen (secondary N) is 1. The first-order valence-corrected chi connectivity index (χ1v) is 13.1. The second-order valence-corrected chi connectivity index (χ2v) is 10.3. The Hall–Kier alpha value is -4.20. The number of methoxy groups -OCH3 is 1. The van der Waals surface area contributed by atoms with E-state index in [9.17, 15) is 9.59 Å². The minimum atomic E-state index is -0.135. The van der Waals surface area contributed by atoms with Crippen molar-refractivity contribution in [3.8, 4) is 5.75 Å². The molecule has 2 aliphatic rings. The first kappa shape index (κ1) is 24.2. The molecule has 6 rings (SSSR count). The highest BCUT2D eigenvalue weighted by Gasteiger charge is 2.36. The lowest BCUT2D eigenvalue weighted by atomic mass is 9.85.